The zero-order valence-electron chi connectivity index (χ0n) is 5.38. The zero-order valence-corrected chi connectivity index (χ0v) is 6.49. The van der Waals surface area contributed by atoms with E-state index in [-0.39, 0.29) is 23.1 Å². The molecule has 0 aromatic rings. The van der Waals surface area contributed by atoms with Crippen molar-refractivity contribution in [1.82, 2.24) is 0 Å². The van der Waals surface area contributed by atoms with Crippen molar-refractivity contribution in [1.29, 1.82) is 0 Å². The molecule has 6 heteroatoms. The molecular weight excluding hydrogens is 205 g/mol. The van der Waals surface area contributed by atoms with Crippen LogP contribution in [0.2, 0.25) is 0 Å². The van der Waals surface area contributed by atoms with Gasteiger partial charge in [0.1, 0.15) is 0 Å². The van der Waals surface area contributed by atoms with Crippen molar-refractivity contribution in [2.45, 2.75) is 13.1 Å². The van der Waals surface area contributed by atoms with Crippen LogP contribution in [0.5, 0.6) is 0 Å². The van der Waals surface area contributed by atoms with Gasteiger partial charge in [0.05, 0.1) is 0 Å². The summed E-state index contributed by atoms with van der Waals surface area (Å²) in [6.45, 7) is 0.879. The minimum absolute atomic E-state index is 0. The molecule has 1 radical (unpaired) electrons. The Morgan fingerprint density at radius 3 is 1.91 bits per heavy atom. The molecule has 0 spiro atoms. The fourth-order valence-corrected chi connectivity index (χ4v) is 0.266. The van der Waals surface area contributed by atoms with Crippen LogP contribution < -0.4 is 5.11 Å². The molecule has 0 aliphatic carbocycles. The Morgan fingerprint density at radius 2 is 1.82 bits per heavy atom. The maximum absolute atomic E-state index is 11.3. The van der Waals surface area contributed by atoms with E-state index in [1.807, 2.05) is 0 Å². The number of hydrogen-bond donors (Lipinski definition) is 0. The maximum atomic E-state index is 11.3. The summed E-state index contributed by atoms with van der Waals surface area (Å²) >= 11 is 0. The van der Waals surface area contributed by atoms with E-state index in [1.165, 1.54) is 0 Å². The van der Waals surface area contributed by atoms with Gasteiger partial charge in [-0.2, -0.15) is 13.2 Å². The van der Waals surface area contributed by atoms with Crippen LogP contribution in [-0.4, -0.2) is 12.0 Å². The normalized spacial score (nSPS) is 12.2. The Labute approximate surface area is 71.6 Å². The quantitative estimate of drug-likeness (QED) is 0.355. The topological polar surface area (TPSA) is 40.1 Å². The van der Waals surface area contributed by atoms with E-state index >= 15 is 0 Å². The minimum Gasteiger partial charge on any atom is -0.869 e. The molecule has 0 N–H and O–H groups in total. The van der Waals surface area contributed by atoms with E-state index in [0.717, 1.165) is 6.92 Å². The Morgan fingerprint density at radius 1 is 1.45 bits per heavy atom. The summed E-state index contributed by atoms with van der Waals surface area (Å²) in [6, 6.07) is 0. The van der Waals surface area contributed by atoms with Crippen LogP contribution in [0.25, 0.3) is 0 Å². The molecule has 0 atom stereocenters. The van der Waals surface area contributed by atoms with Crippen LogP contribution in [0, 0.1) is 0 Å². The van der Waals surface area contributed by atoms with Gasteiger partial charge in [-0.25, -0.2) is 0 Å². The number of rotatable bonds is 1. The molecule has 0 rings (SSSR count). The summed E-state index contributed by atoms with van der Waals surface area (Å²) in [6.07, 6.45) is -4.91. The molecule has 0 saturated heterocycles. The van der Waals surface area contributed by atoms with Crippen LogP contribution in [-0.2, 0) is 21.9 Å². The van der Waals surface area contributed by atoms with E-state index in [1.54, 1.807) is 0 Å². The second kappa shape index (κ2) is 4.41. The Kier molecular flexibility index (Phi) is 5.26. The van der Waals surface area contributed by atoms with E-state index in [9.17, 15) is 23.1 Å². The maximum Gasteiger partial charge on any atom is 3.00 e. The first-order chi connectivity index (χ1) is 4.34. The SMILES string of the molecule is CC(=O)C=C([O-])C(F)(F)F.[Fe+3]. The number of allylic oxidation sites excluding steroid dienone is 2. The van der Waals surface area contributed by atoms with E-state index < -0.39 is 17.7 Å². The first-order valence-corrected chi connectivity index (χ1v) is 2.30. The number of carbonyl (C=O) groups excluding carboxylic acids is 1. The smallest absolute Gasteiger partial charge is 0.869 e. The Balaban J connectivity index is 0. The molecule has 0 aromatic carbocycles. The summed E-state index contributed by atoms with van der Waals surface area (Å²) in [5.41, 5.74) is 0. The molecule has 0 aromatic heterocycles. The third-order valence-corrected chi connectivity index (χ3v) is 0.614. The molecule has 0 aliphatic rings. The second-order valence-corrected chi connectivity index (χ2v) is 1.62. The van der Waals surface area contributed by atoms with Gasteiger partial charge in [0.15, 0.2) is 5.78 Å². The molecule has 11 heavy (non-hydrogen) atoms. The third-order valence-electron chi connectivity index (χ3n) is 0.614. The number of alkyl halides is 3. The molecule has 0 heterocycles. The second-order valence-electron chi connectivity index (χ2n) is 1.62. The molecule has 0 amide bonds. The zero-order chi connectivity index (χ0) is 8.36. The molecular formula is C5H4F3FeO2+2. The summed E-state index contributed by atoms with van der Waals surface area (Å²) < 4.78 is 33.8. The van der Waals surface area contributed by atoms with Crippen molar-refractivity contribution in [2.24, 2.45) is 0 Å². The number of halogens is 3. The van der Waals surface area contributed by atoms with Gasteiger partial charge in [-0.3, -0.25) is 4.79 Å². The largest absolute Gasteiger partial charge is 3.00 e. The van der Waals surface area contributed by atoms with Crippen LogP contribution >= 0.6 is 0 Å². The summed E-state index contributed by atoms with van der Waals surface area (Å²) in [5.74, 6) is -3.01. The van der Waals surface area contributed by atoms with Gasteiger partial charge in [0.25, 0.3) is 0 Å². The fourth-order valence-electron chi connectivity index (χ4n) is 0.266. The minimum atomic E-state index is -4.92. The van der Waals surface area contributed by atoms with Gasteiger partial charge in [0.2, 0.25) is 0 Å². The standard InChI is InChI=1S/C5H5F3O2.Fe/c1-3(9)2-4(10)5(6,7)8;/h2,10H,1H3;/q;+3/p-1. The first-order valence-electron chi connectivity index (χ1n) is 2.30. The molecule has 63 valence electrons. The van der Waals surface area contributed by atoms with Gasteiger partial charge in [-0.1, -0.05) is 0 Å². The van der Waals surface area contributed by atoms with Crippen LogP contribution in [0.3, 0.4) is 0 Å². The first kappa shape index (κ1) is 13.1. The predicted octanol–water partition coefficient (Wildman–Crippen LogP) is 0.379. The molecule has 2 nitrogen and oxygen atoms in total. The monoisotopic (exact) mass is 209 g/mol. The van der Waals surface area contributed by atoms with E-state index in [2.05, 4.69) is 0 Å². The van der Waals surface area contributed by atoms with Crippen molar-refractivity contribution in [3.05, 3.63) is 11.8 Å². The van der Waals surface area contributed by atoms with Gasteiger partial charge in [-0.05, 0) is 18.8 Å². The average molecular weight is 209 g/mol. The Hall–Kier alpha value is -0.481. The molecule has 0 unspecified atom stereocenters. The van der Waals surface area contributed by atoms with Gasteiger partial charge >= 0.3 is 23.2 Å². The third kappa shape index (κ3) is 5.94. The van der Waals surface area contributed by atoms with E-state index in [0.29, 0.717) is 0 Å². The molecule has 0 fully saturated rings. The predicted molar refractivity (Wildman–Crippen MR) is 24.8 cm³/mol. The number of hydrogen-bond acceptors (Lipinski definition) is 2. The van der Waals surface area contributed by atoms with Gasteiger partial charge in [-0.15, -0.1) is 0 Å². The van der Waals surface area contributed by atoms with Gasteiger partial charge < -0.3 is 5.11 Å². The van der Waals surface area contributed by atoms with Crippen molar-refractivity contribution in [3.8, 4) is 0 Å². The van der Waals surface area contributed by atoms with Crippen molar-refractivity contribution >= 4 is 5.78 Å². The molecule has 0 aliphatic heterocycles. The summed E-state index contributed by atoms with van der Waals surface area (Å²) in [5, 5.41) is 9.87. The van der Waals surface area contributed by atoms with Gasteiger partial charge in [0, 0.05) is 0 Å². The number of ketones is 1. The van der Waals surface area contributed by atoms with Crippen LogP contribution in [0.1, 0.15) is 6.92 Å². The molecule has 0 bridgehead atoms. The van der Waals surface area contributed by atoms with Crippen molar-refractivity contribution in [3.63, 3.8) is 0 Å². The average Bonchev–Trinajstić information content (AvgIpc) is 1.60. The Bertz CT molecular complexity index is 173. The van der Waals surface area contributed by atoms with Crippen molar-refractivity contribution < 1.29 is 40.1 Å². The van der Waals surface area contributed by atoms with Crippen LogP contribution in [0.4, 0.5) is 13.2 Å². The fraction of sp³-hybridized carbons (Fsp3) is 0.400. The van der Waals surface area contributed by atoms with E-state index in [4.69, 9.17) is 0 Å². The van der Waals surface area contributed by atoms with Crippen molar-refractivity contribution in [2.75, 3.05) is 0 Å². The van der Waals surface area contributed by atoms with Crippen LogP contribution in [0.15, 0.2) is 11.8 Å². The summed E-state index contributed by atoms with van der Waals surface area (Å²) in [7, 11) is 0. The molecule has 0 saturated carbocycles. The summed E-state index contributed by atoms with van der Waals surface area (Å²) in [4.78, 5) is 9.92. The number of carbonyl (C=O) groups is 1.